The van der Waals surface area contributed by atoms with Gasteiger partial charge in [-0.05, 0) is 37.0 Å². The summed E-state index contributed by atoms with van der Waals surface area (Å²) in [6.07, 6.45) is 5.37. The molecule has 1 unspecified atom stereocenters. The van der Waals surface area contributed by atoms with Crippen molar-refractivity contribution in [3.05, 3.63) is 29.8 Å². The van der Waals surface area contributed by atoms with Gasteiger partial charge in [0.2, 0.25) is 5.91 Å². The second-order valence-electron chi connectivity index (χ2n) is 5.73. The molecule has 2 rings (SSSR count). The summed E-state index contributed by atoms with van der Waals surface area (Å²) >= 11 is 0. The van der Waals surface area contributed by atoms with Gasteiger partial charge in [-0.3, -0.25) is 4.79 Å². The third kappa shape index (κ3) is 4.46. The first-order chi connectivity index (χ1) is 10.2. The van der Waals surface area contributed by atoms with Crippen molar-refractivity contribution in [2.75, 3.05) is 26.7 Å². The van der Waals surface area contributed by atoms with E-state index in [0.717, 1.165) is 37.2 Å². The minimum atomic E-state index is -0.129. The van der Waals surface area contributed by atoms with E-state index in [4.69, 9.17) is 10.5 Å². The summed E-state index contributed by atoms with van der Waals surface area (Å²) in [5.74, 6) is 0.905. The highest BCUT2D eigenvalue weighted by molar-refractivity contribution is 5.79. The SMILES string of the molecule is COc1cccc(CC(CN)C(=O)N2CCCCCC2)c1. The number of carbonyl (C=O) groups is 1. The quantitative estimate of drug-likeness (QED) is 0.904. The van der Waals surface area contributed by atoms with Crippen LogP contribution in [0.2, 0.25) is 0 Å². The third-order valence-electron chi connectivity index (χ3n) is 4.17. The maximum absolute atomic E-state index is 12.7. The van der Waals surface area contributed by atoms with Gasteiger partial charge in [0.15, 0.2) is 0 Å². The lowest BCUT2D eigenvalue weighted by Gasteiger charge is -2.25. The summed E-state index contributed by atoms with van der Waals surface area (Å²) in [5.41, 5.74) is 6.96. The molecule has 0 aromatic heterocycles. The molecule has 1 saturated heterocycles. The van der Waals surface area contributed by atoms with Gasteiger partial charge in [-0.2, -0.15) is 0 Å². The second kappa shape index (κ2) is 8.03. The fraction of sp³-hybridized carbons (Fsp3) is 0.588. The summed E-state index contributed by atoms with van der Waals surface area (Å²) in [6.45, 7) is 2.16. The number of amides is 1. The van der Waals surface area contributed by atoms with Gasteiger partial charge in [-0.1, -0.05) is 25.0 Å². The predicted octanol–water partition coefficient (Wildman–Crippen LogP) is 2.22. The molecule has 4 heteroatoms. The van der Waals surface area contributed by atoms with Gasteiger partial charge in [0, 0.05) is 19.6 Å². The zero-order chi connectivity index (χ0) is 15.1. The number of nitrogens with two attached hydrogens (primary N) is 1. The molecule has 1 aromatic carbocycles. The average Bonchev–Trinajstić information content (AvgIpc) is 2.81. The van der Waals surface area contributed by atoms with Gasteiger partial charge < -0.3 is 15.4 Å². The highest BCUT2D eigenvalue weighted by atomic mass is 16.5. The molecule has 0 bridgehead atoms. The molecule has 1 amide bonds. The molecule has 1 aliphatic heterocycles. The zero-order valence-corrected chi connectivity index (χ0v) is 12.9. The minimum Gasteiger partial charge on any atom is -0.497 e. The number of carbonyl (C=O) groups excluding carboxylic acids is 1. The molecule has 1 fully saturated rings. The highest BCUT2D eigenvalue weighted by Gasteiger charge is 2.24. The van der Waals surface area contributed by atoms with Gasteiger partial charge in [0.05, 0.1) is 13.0 Å². The summed E-state index contributed by atoms with van der Waals surface area (Å²) in [4.78, 5) is 14.7. The number of hydrogen-bond acceptors (Lipinski definition) is 3. The lowest BCUT2D eigenvalue weighted by atomic mass is 9.97. The van der Waals surface area contributed by atoms with E-state index in [2.05, 4.69) is 0 Å². The molecule has 0 radical (unpaired) electrons. The molecule has 4 nitrogen and oxygen atoms in total. The molecule has 21 heavy (non-hydrogen) atoms. The van der Waals surface area contributed by atoms with Crippen LogP contribution < -0.4 is 10.5 Å². The first-order valence-corrected chi connectivity index (χ1v) is 7.86. The van der Waals surface area contributed by atoms with Crippen molar-refractivity contribution >= 4 is 5.91 Å². The van der Waals surface area contributed by atoms with E-state index >= 15 is 0 Å². The number of likely N-dealkylation sites (tertiary alicyclic amines) is 1. The van der Waals surface area contributed by atoms with Gasteiger partial charge >= 0.3 is 0 Å². The molecule has 2 N–H and O–H groups in total. The molecule has 1 aliphatic rings. The van der Waals surface area contributed by atoms with Crippen LogP contribution in [-0.2, 0) is 11.2 Å². The smallest absolute Gasteiger partial charge is 0.227 e. The van der Waals surface area contributed by atoms with Crippen molar-refractivity contribution in [1.82, 2.24) is 4.90 Å². The van der Waals surface area contributed by atoms with Gasteiger partial charge in [-0.25, -0.2) is 0 Å². The predicted molar refractivity (Wildman–Crippen MR) is 84.3 cm³/mol. The van der Waals surface area contributed by atoms with Crippen molar-refractivity contribution in [1.29, 1.82) is 0 Å². The van der Waals surface area contributed by atoms with Crippen molar-refractivity contribution in [2.24, 2.45) is 11.7 Å². The third-order valence-corrected chi connectivity index (χ3v) is 4.17. The van der Waals surface area contributed by atoms with Crippen LogP contribution in [0, 0.1) is 5.92 Å². The maximum Gasteiger partial charge on any atom is 0.227 e. The van der Waals surface area contributed by atoms with E-state index in [0.29, 0.717) is 13.0 Å². The molecule has 1 heterocycles. The topological polar surface area (TPSA) is 55.6 Å². The summed E-state index contributed by atoms with van der Waals surface area (Å²) in [5, 5.41) is 0. The van der Waals surface area contributed by atoms with E-state index in [1.54, 1.807) is 7.11 Å². The average molecular weight is 290 g/mol. The number of ether oxygens (including phenoxy) is 1. The molecule has 0 spiro atoms. The van der Waals surface area contributed by atoms with Crippen LogP contribution in [0.15, 0.2) is 24.3 Å². The van der Waals surface area contributed by atoms with E-state index in [9.17, 15) is 4.79 Å². The Morgan fingerprint density at radius 1 is 1.29 bits per heavy atom. The fourth-order valence-corrected chi connectivity index (χ4v) is 2.90. The maximum atomic E-state index is 12.7. The first-order valence-electron chi connectivity index (χ1n) is 7.86. The Labute approximate surface area is 127 Å². The Morgan fingerprint density at radius 2 is 2.00 bits per heavy atom. The molecular weight excluding hydrogens is 264 g/mol. The van der Waals surface area contributed by atoms with Crippen LogP contribution in [0.25, 0.3) is 0 Å². The normalized spacial score (nSPS) is 17.1. The first kappa shape index (κ1) is 15.8. The van der Waals surface area contributed by atoms with Crippen molar-refractivity contribution in [2.45, 2.75) is 32.1 Å². The zero-order valence-electron chi connectivity index (χ0n) is 12.9. The number of hydrogen-bond donors (Lipinski definition) is 1. The van der Waals surface area contributed by atoms with Crippen LogP contribution in [-0.4, -0.2) is 37.6 Å². The van der Waals surface area contributed by atoms with E-state index in [-0.39, 0.29) is 11.8 Å². The molecular formula is C17H26N2O2. The largest absolute Gasteiger partial charge is 0.497 e. The lowest BCUT2D eigenvalue weighted by molar-refractivity contribution is -0.135. The Bertz CT molecular complexity index is 454. The van der Waals surface area contributed by atoms with Crippen LogP contribution in [0.3, 0.4) is 0 Å². The molecule has 1 atom stereocenters. The summed E-state index contributed by atoms with van der Waals surface area (Å²) in [7, 11) is 1.65. The Morgan fingerprint density at radius 3 is 2.62 bits per heavy atom. The Balaban J connectivity index is 2.02. The van der Waals surface area contributed by atoms with Gasteiger partial charge in [0.1, 0.15) is 5.75 Å². The Hall–Kier alpha value is -1.55. The number of nitrogens with zero attached hydrogens (tertiary/aromatic N) is 1. The number of rotatable bonds is 5. The standard InChI is InChI=1S/C17H26N2O2/c1-21-16-8-6-7-14(12-16)11-15(13-18)17(20)19-9-4-2-3-5-10-19/h6-8,12,15H,2-5,9-11,13,18H2,1H3. The van der Waals surface area contributed by atoms with Crippen molar-refractivity contribution in [3.8, 4) is 5.75 Å². The van der Waals surface area contributed by atoms with Crippen LogP contribution in [0.5, 0.6) is 5.75 Å². The minimum absolute atomic E-state index is 0.129. The lowest BCUT2D eigenvalue weighted by Crippen LogP contribution is -2.40. The van der Waals surface area contributed by atoms with Gasteiger partial charge in [-0.15, -0.1) is 0 Å². The molecule has 1 aromatic rings. The summed E-state index contributed by atoms with van der Waals surface area (Å²) in [6, 6.07) is 7.88. The second-order valence-corrected chi connectivity index (χ2v) is 5.73. The number of benzene rings is 1. The fourth-order valence-electron chi connectivity index (χ4n) is 2.90. The monoisotopic (exact) mass is 290 g/mol. The van der Waals surface area contributed by atoms with Crippen molar-refractivity contribution in [3.63, 3.8) is 0 Å². The number of methoxy groups -OCH3 is 1. The molecule has 0 aliphatic carbocycles. The molecule has 116 valence electrons. The highest BCUT2D eigenvalue weighted by Crippen LogP contribution is 2.18. The van der Waals surface area contributed by atoms with Crippen molar-refractivity contribution < 1.29 is 9.53 Å². The van der Waals surface area contributed by atoms with Crippen LogP contribution >= 0.6 is 0 Å². The van der Waals surface area contributed by atoms with E-state index in [1.165, 1.54) is 12.8 Å². The van der Waals surface area contributed by atoms with Crippen LogP contribution in [0.1, 0.15) is 31.2 Å². The van der Waals surface area contributed by atoms with Crippen LogP contribution in [0.4, 0.5) is 0 Å². The Kier molecular flexibility index (Phi) is 6.05. The summed E-state index contributed by atoms with van der Waals surface area (Å²) < 4.78 is 5.24. The van der Waals surface area contributed by atoms with E-state index in [1.807, 2.05) is 29.2 Å². The molecule has 0 saturated carbocycles. The van der Waals surface area contributed by atoms with E-state index < -0.39 is 0 Å². The van der Waals surface area contributed by atoms with Gasteiger partial charge in [0.25, 0.3) is 0 Å².